The molecule has 0 aliphatic rings. The first-order valence-corrected chi connectivity index (χ1v) is 6.92. The molecule has 0 saturated carbocycles. The molecule has 0 fully saturated rings. The number of hydrogen-bond acceptors (Lipinski definition) is 2. The zero-order valence-corrected chi connectivity index (χ0v) is 13.5. The lowest BCUT2D eigenvalue weighted by Crippen LogP contribution is -2.41. The summed E-state index contributed by atoms with van der Waals surface area (Å²) in [7, 11) is 4.37. The fraction of sp³-hybridized carbons (Fsp3) is 1.00. The van der Waals surface area contributed by atoms with Gasteiger partial charge in [0, 0.05) is 12.1 Å². The van der Waals surface area contributed by atoms with Crippen molar-refractivity contribution >= 4 is 14.3 Å². The minimum absolute atomic E-state index is 0.177. The van der Waals surface area contributed by atoms with Gasteiger partial charge in [0.05, 0.1) is 12.8 Å². The minimum atomic E-state index is -0.656. The Hall–Kier alpha value is 0.0499. The maximum atomic E-state index is 9.65. The molecule has 0 atom stereocenters. The summed E-state index contributed by atoms with van der Waals surface area (Å²) in [4.78, 5) is 0. The van der Waals surface area contributed by atoms with Gasteiger partial charge in [-0.2, -0.15) is 0 Å². The quantitative estimate of drug-likeness (QED) is 0.672. The van der Waals surface area contributed by atoms with Crippen molar-refractivity contribution in [3.8, 4) is 0 Å². The van der Waals surface area contributed by atoms with E-state index in [9.17, 15) is 5.11 Å². The average molecular weight is 252 g/mol. The minimum Gasteiger partial charge on any atom is -0.390 e. The third-order valence-electron chi connectivity index (χ3n) is 3.59. The topological polar surface area (TPSA) is 29.5 Å². The van der Waals surface area contributed by atoms with E-state index in [1.807, 2.05) is 0 Å². The molecule has 0 amide bonds. The first-order chi connectivity index (χ1) is 7.86. The Labute approximate surface area is 115 Å². The standard InChI is InChI=1S/C14H30B2O2/c1-11(2)13(5,6)15-16-14(7,8)18-10-9-12(3,4)17/h11,17H,9-10H2,1-8H3. The second-order valence-corrected chi connectivity index (χ2v) is 7.32. The third kappa shape index (κ3) is 8.20. The van der Waals surface area contributed by atoms with Crippen LogP contribution >= 0.6 is 0 Å². The Bertz CT molecular complexity index is 243. The van der Waals surface area contributed by atoms with Crippen molar-refractivity contribution in [2.24, 2.45) is 5.92 Å². The van der Waals surface area contributed by atoms with Crippen LogP contribution in [0.5, 0.6) is 0 Å². The Morgan fingerprint density at radius 2 is 1.50 bits per heavy atom. The zero-order chi connectivity index (χ0) is 14.6. The summed E-state index contributed by atoms with van der Waals surface area (Å²) >= 11 is 0. The van der Waals surface area contributed by atoms with Crippen molar-refractivity contribution in [2.75, 3.05) is 6.61 Å². The molecule has 0 bridgehead atoms. The second-order valence-electron chi connectivity index (χ2n) is 7.32. The summed E-state index contributed by atoms with van der Waals surface area (Å²) in [5, 5.41) is 9.83. The van der Waals surface area contributed by atoms with Gasteiger partial charge in [-0.25, -0.2) is 0 Å². The lowest BCUT2D eigenvalue weighted by atomic mass is 9.23. The summed E-state index contributed by atoms with van der Waals surface area (Å²) < 4.78 is 5.83. The van der Waals surface area contributed by atoms with Crippen LogP contribution in [0.15, 0.2) is 0 Å². The molecule has 0 spiro atoms. The van der Waals surface area contributed by atoms with E-state index in [4.69, 9.17) is 4.74 Å². The van der Waals surface area contributed by atoms with Crippen molar-refractivity contribution in [1.29, 1.82) is 0 Å². The van der Waals surface area contributed by atoms with Gasteiger partial charge >= 0.3 is 0 Å². The van der Waals surface area contributed by atoms with Crippen LogP contribution < -0.4 is 0 Å². The Morgan fingerprint density at radius 1 is 1.00 bits per heavy atom. The van der Waals surface area contributed by atoms with Crippen LogP contribution in [0.3, 0.4) is 0 Å². The zero-order valence-electron chi connectivity index (χ0n) is 13.5. The SMILES string of the molecule is CC(C)C(C)(C)[B][B]C(C)(C)OCCC(C)(C)O. The summed E-state index contributed by atoms with van der Waals surface area (Å²) in [6.45, 7) is 17.2. The molecule has 0 unspecified atom stereocenters. The van der Waals surface area contributed by atoms with Gasteiger partial charge in [0.25, 0.3) is 0 Å². The molecule has 1 N–H and O–H groups in total. The fourth-order valence-electron chi connectivity index (χ4n) is 1.22. The molecule has 0 rings (SSSR count). The predicted molar refractivity (Wildman–Crippen MR) is 81.3 cm³/mol. The van der Waals surface area contributed by atoms with E-state index in [0.717, 1.165) is 0 Å². The van der Waals surface area contributed by atoms with Gasteiger partial charge in [-0.05, 0) is 40.0 Å². The molecule has 18 heavy (non-hydrogen) atoms. The molecular weight excluding hydrogens is 222 g/mol. The van der Waals surface area contributed by atoms with Gasteiger partial charge in [-0.15, -0.1) is 0 Å². The molecular formula is C14H30B2O2. The predicted octanol–water partition coefficient (Wildman–Crippen LogP) is 3.08. The summed E-state index contributed by atoms with van der Waals surface area (Å²) in [6.07, 6.45) is 0.651. The number of aliphatic hydroxyl groups is 1. The molecule has 0 heterocycles. The largest absolute Gasteiger partial charge is 0.390 e. The molecule has 2 nitrogen and oxygen atoms in total. The molecule has 0 aromatic rings. The van der Waals surface area contributed by atoms with Crippen molar-refractivity contribution in [2.45, 2.75) is 78.2 Å². The van der Waals surface area contributed by atoms with E-state index in [1.165, 1.54) is 0 Å². The van der Waals surface area contributed by atoms with Crippen LogP contribution in [0.25, 0.3) is 0 Å². The summed E-state index contributed by atoms with van der Waals surface area (Å²) in [5.74, 6) is 0.598. The van der Waals surface area contributed by atoms with E-state index in [1.54, 1.807) is 13.8 Å². The highest BCUT2D eigenvalue weighted by atomic mass is 16.5. The van der Waals surface area contributed by atoms with Gasteiger partial charge in [-0.1, -0.05) is 33.0 Å². The Morgan fingerprint density at radius 3 is 1.89 bits per heavy atom. The maximum absolute atomic E-state index is 9.65. The Kier molecular flexibility index (Phi) is 6.49. The fourth-order valence-corrected chi connectivity index (χ4v) is 1.22. The van der Waals surface area contributed by atoms with Crippen LogP contribution in [0.4, 0.5) is 0 Å². The van der Waals surface area contributed by atoms with Crippen LogP contribution in [-0.2, 0) is 4.74 Å². The molecule has 0 aromatic carbocycles. The van der Waals surface area contributed by atoms with Gasteiger partial charge < -0.3 is 9.84 Å². The highest BCUT2D eigenvalue weighted by molar-refractivity contribution is 7.03. The van der Waals surface area contributed by atoms with E-state index < -0.39 is 5.60 Å². The smallest absolute Gasteiger partial charge is 0.109 e. The average Bonchev–Trinajstić information content (AvgIpc) is 2.12. The molecule has 0 aromatic heterocycles. The van der Waals surface area contributed by atoms with Crippen molar-refractivity contribution < 1.29 is 9.84 Å². The van der Waals surface area contributed by atoms with E-state index in [2.05, 4.69) is 55.9 Å². The first kappa shape index (κ1) is 18.0. The maximum Gasteiger partial charge on any atom is 0.109 e. The van der Waals surface area contributed by atoms with Crippen molar-refractivity contribution in [1.82, 2.24) is 0 Å². The van der Waals surface area contributed by atoms with E-state index in [-0.39, 0.29) is 10.8 Å². The molecule has 0 aliphatic heterocycles. The van der Waals surface area contributed by atoms with Crippen LogP contribution in [0, 0.1) is 5.92 Å². The lowest BCUT2D eigenvalue weighted by molar-refractivity contribution is -0.00672. The molecule has 0 saturated heterocycles. The summed E-state index contributed by atoms with van der Waals surface area (Å²) in [5.41, 5.74) is -0.936. The molecule has 104 valence electrons. The monoisotopic (exact) mass is 252 g/mol. The van der Waals surface area contributed by atoms with Crippen LogP contribution in [0.1, 0.15) is 61.8 Å². The highest BCUT2D eigenvalue weighted by Crippen LogP contribution is 2.33. The van der Waals surface area contributed by atoms with E-state index >= 15 is 0 Å². The van der Waals surface area contributed by atoms with Crippen molar-refractivity contribution in [3.63, 3.8) is 0 Å². The normalized spacial score (nSPS) is 13.9. The van der Waals surface area contributed by atoms with Gasteiger partial charge in [0.1, 0.15) is 7.17 Å². The third-order valence-corrected chi connectivity index (χ3v) is 3.59. The molecule has 4 heteroatoms. The first-order valence-electron chi connectivity index (χ1n) is 6.92. The molecule has 0 aliphatic carbocycles. The van der Waals surface area contributed by atoms with Gasteiger partial charge in [0.15, 0.2) is 0 Å². The number of ether oxygens (including phenoxy) is 1. The van der Waals surface area contributed by atoms with Gasteiger partial charge in [0.2, 0.25) is 0 Å². The number of rotatable bonds is 8. The second kappa shape index (κ2) is 6.47. The van der Waals surface area contributed by atoms with E-state index in [0.29, 0.717) is 18.9 Å². The Balaban J connectivity index is 4.08. The van der Waals surface area contributed by atoms with Gasteiger partial charge in [-0.3, -0.25) is 0 Å². The highest BCUT2D eigenvalue weighted by Gasteiger charge is 2.29. The summed E-state index contributed by atoms with van der Waals surface area (Å²) in [6, 6.07) is 0. The lowest BCUT2D eigenvalue weighted by Gasteiger charge is -2.33. The molecule has 2 radical (unpaired) electrons. The van der Waals surface area contributed by atoms with Crippen LogP contribution in [-0.4, -0.2) is 37.2 Å². The number of hydrogen-bond donors (Lipinski definition) is 1. The van der Waals surface area contributed by atoms with Crippen molar-refractivity contribution in [3.05, 3.63) is 0 Å². The van der Waals surface area contributed by atoms with Crippen LogP contribution in [0.2, 0.25) is 5.31 Å².